The molecular formula is C14H18Br2O3. The van der Waals surface area contributed by atoms with Gasteiger partial charge in [0.05, 0.1) is 24.3 Å². The number of rotatable bonds is 6. The van der Waals surface area contributed by atoms with Gasteiger partial charge in [0.15, 0.2) is 11.5 Å². The zero-order valence-electron chi connectivity index (χ0n) is 11.0. The van der Waals surface area contributed by atoms with Gasteiger partial charge in [-0.1, -0.05) is 15.9 Å². The quantitative estimate of drug-likeness (QED) is 0.674. The molecule has 1 aromatic rings. The van der Waals surface area contributed by atoms with Crippen molar-refractivity contribution >= 4 is 31.9 Å². The minimum atomic E-state index is 0.353. The second kappa shape index (κ2) is 7.50. The third-order valence-corrected chi connectivity index (χ3v) is 4.39. The molecule has 0 saturated carbocycles. The van der Waals surface area contributed by atoms with Crippen LogP contribution in [-0.2, 0) is 10.1 Å². The first kappa shape index (κ1) is 15.1. The molecule has 0 radical (unpaired) electrons. The van der Waals surface area contributed by atoms with E-state index in [9.17, 15) is 0 Å². The Morgan fingerprint density at radius 2 is 2.26 bits per heavy atom. The van der Waals surface area contributed by atoms with Gasteiger partial charge >= 0.3 is 0 Å². The summed E-state index contributed by atoms with van der Waals surface area (Å²) in [4.78, 5) is 0. The van der Waals surface area contributed by atoms with Crippen LogP contribution in [0.1, 0.15) is 24.8 Å². The van der Waals surface area contributed by atoms with Gasteiger partial charge in [-0.25, -0.2) is 0 Å². The summed E-state index contributed by atoms with van der Waals surface area (Å²) < 4.78 is 17.7. The van der Waals surface area contributed by atoms with Gasteiger partial charge in [-0.2, -0.15) is 0 Å². The van der Waals surface area contributed by atoms with Gasteiger partial charge in [-0.05, 0) is 46.5 Å². The monoisotopic (exact) mass is 392 g/mol. The van der Waals surface area contributed by atoms with Crippen LogP contribution in [0.4, 0.5) is 0 Å². The maximum atomic E-state index is 5.85. The molecule has 1 heterocycles. The molecule has 106 valence electrons. The first-order valence-corrected chi connectivity index (χ1v) is 8.33. The van der Waals surface area contributed by atoms with Gasteiger partial charge in [-0.15, -0.1) is 0 Å². The molecule has 2 rings (SSSR count). The molecule has 1 aliphatic heterocycles. The van der Waals surface area contributed by atoms with Gasteiger partial charge in [0.2, 0.25) is 0 Å². The topological polar surface area (TPSA) is 27.7 Å². The molecule has 1 saturated heterocycles. The fourth-order valence-corrected chi connectivity index (χ4v) is 3.08. The van der Waals surface area contributed by atoms with E-state index in [2.05, 4.69) is 31.9 Å². The van der Waals surface area contributed by atoms with Gasteiger partial charge in [0.1, 0.15) is 0 Å². The number of ether oxygens (including phenoxy) is 3. The van der Waals surface area contributed by atoms with Crippen LogP contribution in [0, 0.1) is 0 Å². The smallest absolute Gasteiger partial charge is 0.175 e. The van der Waals surface area contributed by atoms with E-state index >= 15 is 0 Å². The maximum absolute atomic E-state index is 5.85. The number of halogens is 2. The molecule has 1 atom stereocenters. The third-order valence-electron chi connectivity index (χ3n) is 3.15. The molecule has 0 spiro atoms. The van der Waals surface area contributed by atoms with Gasteiger partial charge in [0.25, 0.3) is 0 Å². The van der Waals surface area contributed by atoms with Gasteiger partial charge in [-0.3, -0.25) is 0 Å². The highest BCUT2D eigenvalue weighted by molar-refractivity contribution is 9.10. The Morgan fingerprint density at radius 3 is 2.89 bits per heavy atom. The standard InChI is InChI=1S/C14H18Br2O3/c1-17-13-8-10(9-15)7-12(16)14(13)19-6-4-11-3-2-5-18-11/h7-8,11H,2-6,9H2,1H3. The van der Waals surface area contributed by atoms with Crippen LogP contribution >= 0.6 is 31.9 Å². The van der Waals surface area contributed by atoms with Crippen LogP contribution in [0.2, 0.25) is 0 Å². The number of benzene rings is 1. The summed E-state index contributed by atoms with van der Waals surface area (Å²) in [6.45, 7) is 1.53. The average Bonchev–Trinajstić information content (AvgIpc) is 2.93. The van der Waals surface area contributed by atoms with Crippen LogP contribution in [0.5, 0.6) is 11.5 Å². The summed E-state index contributed by atoms with van der Waals surface area (Å²) >= 11 is 6.98. The Labute approximate surface area is 130 Å². The van der Waals surface area contributed by atoms with Gasteiger partial charge in [0, 0.05) is 18.4 Å². The van der Waals surface area contributed by atoms with E-state index in [1.165, 1.54) is 0 Å². The van der Waals surface area contributed by atoms with Crippen LogP contribution in [0.15, 0.2) is 16.6 Å². The second-order valence-electron chi connectivity index (χ2n) is 4.51. The minimum absolute atomic E-state index is 0.353. The lowest BCUT2D eigenvalue weighted by Gasteiger charge is -2.15. The summed E-state index contributed by atoms with van der Waals surface area (Å²) in [5.41, 5.74) is 1.15. The molecule has 19 heavy (non-hydrogen) atoms. The SMILES string of the molecule is COc1cc(CBr)cc(Br)c1OCCC1CCCO1. The molecule has 3 nitrogen and oxygen atoms in total. The fraction of sp³-hybridized carbons (Fsp3) is 0.571. The Kier molecular flexibility index (Phi) is 5.98. The summed E-state index contributed by atoms with van der Waals surface area (Å²) in [7, 11) is 1.66. The average molecular weight is 394 g/mol. The molecule has 1 unspecified atom stereocenters. The predicted molar refractivity (Wildman–Crippen MR) is 82.4 cm³/mol. The largest absolute Gasteiger partial charge is 0.493 e. The van der Waals surface area contributed by atoms with E-state index < -0.39 is 0 Å². The Balaban J connectivity index is 1.98. The van der Waals surface area contributed by atoms with E-state index in [0.29, 0.717) is 12.7 Å². The van der Waals surface area contributed by atoms with E-state index in [1.54, 1.807) is 7.11 Å². The van der Waals surface area contributed by atoms with Crippen molar-refractivity contribution in [2.24, 2.45) is 0 Å². The summed E-state index contributed by atoms with van der Waals surface area (Å²) in [6, 6.07) is 4.03. The van der Waals surface area contributed by atoms with Crippen LogP contribution in [-0.4, -0.2) is 26.4 Å². The van der Waals surface area contributed by atoms with Gasteiger partial charge < -0.3 is 14.2 Å². The summed E-state index contributed by atoms with van der Waals surface area (Å²) in [5.74, 6) is 1.53. The maximum Gasteiger partial charge on any atom is 0.175 e. The normalized spacial score (nSPS) is 18.6. The summed E-state index contributed by atoms with van der Waals surface area (Å²) in [6.07, 6.45) is 3.59. The molecule has 0 bridgehead atoms. The van der Waals surface area contributed by atoms with E-state index in [-0.39, 0.29) is 0 Å². The first-order chi connectivity index (χ1) is 9.24. The van der Waals surface area contributed by atoms with Crippen LogP contribution in [0.3, 0.4) is 0 Å². The second-order valence-corrected chi connectivity index (χ2v) is 5.93. The fourth-order valence-electron chi connectivity index (χ4n) is 2.15. The van der Waals surface area contributed by atoms with Crippen LogP contribution < -0.4 is 9.47 Å². The van der Waals surface area contributed by atoms with Crippen LogP contribution in [0.25, 0.3) is 0 Å². The molecule has 0 N–H and O–H groups in total. The molecule has 1 aromatic carbocycles. The van der Waals surface area contributed by atoms with Crippen molar-refractivity contribution in [2.75, 3.05) is 20.3 Å². The lowest BCUT2D eigenvalue weighted by atomic mass is 10.2. The molecule has 0 aliphatic carbocycles. The van der Waals surface area contributed by atoms with Crippen molar-refractivity contribution < 1.29 is 14.2 Å². The molecule has 1 fully saturated rings. The van der Waals surface area contributed by atoms with E-state index in [0.717, 1.165) is 52.7 Å². The number of hydrogen-bond donors (Lipinski definition) is 0. The molecule has 0 aromatic heterocycles. The zero-order chi connectivity index (χ0) is 13.7. The lowest BCUT2D eigenvalue weighted by Crippen LogP contribution is -2.11. The van der Waals surface area contributed by atoms with Crippen molar-refractivity contribution in [3.8, 4) is 11.5 Å². The molecule has 1 aliphatic rings. The molecular weight excluding hydrogens is 376 g/mol. The molecule has 5 heteroatoms. The zero-order valence-corrected chi connectivity index (χ0v) is 14.1. The highest BCUT2D eigenvalue weighted by Gasteiger charge is 2.16. The highest BCUT2D eigenvalue weighted by atomic mass is 79.9. The lowest BCUT2D eigenvalue weighted by molar-refractivity contribution is 0.0897. The molecule has 0 amide bonds. The Bertz CT molecular complexity index is 417. The Hall–Kier alpha value is -0.260. The van der Waals surface area contributed by atoms with E-state index in [4.69, 9.17) is 14.2 Å². The number of hydrogen-bond acceptors (Lipinski definition) is 3. The number of alkyl halides is 1. The Morgan fingerprint density at radius 1 is 1.42 bits per heavy atom. The predicted octanol–water partition coefficient (Wildman–Crippen LogP) is 4.30. The number of methoxy groups -OCH3 is 1. The third kappa shape index (κ3) is 4.10. The van der Waals surface area contributed by atoms with Crippen molar-refractivity contribution in [3.05, 3.63) is 22.2 Å². The van der Waals surface area contributed by atoms with E-state index in [1.807, 2.05) is 12.1 Å². The van der Waals surface area contributed by atoms with Crippen molar-refractivity contribution in [1.29, 1.82) is 0 Å². The van der Waals surface area contributed by atoms with Crippen molar-refractivity contribution in [1.82, 2.24) is 0 Å². The van der Waals surface area contributed by atoms with Crippen molar-refractivity contribution in [2.45, 2.75) is 30.7 Å². The highest BCUT2D eigenvalue weighted by Crippen LogP contribution is 2.37. The summed E-state index contributed by atoms with van der Waals surface area (Å²) in [5, 5.41) is 0.790. The van der Waals surface area contributed by atoms with Crippen molar-refractivity contribution in [3.63, 3.8) is 0 Å². The first-order valence-electron chi connectivity index (χ1n) is 6.41. The minimum Gasteiger partial charge on any atom is -0.493 e.